The van der Waals surface area contributed by atoms with E-state index >= 15 is 0 Å². The van der Waals surface area contributed by atoms with Crippen LogP contribution in [0.3, 0.4) is 0 Å². The van der Waals surface area contributed by atoms with Gasteiger partial charge in [-0.15, -0.1) is 0 Å². The molecule has 0 unspecified atom stereocenters. The Kier molecular flexibility index (Phi) is 5.87. The lowest BCUT2D eigenvalue weighted by Crippen LogP contribution is -2.31. The highest BCUT2D eigenvalue weighted by Gasteiger charge is 2.12. The third kappa shape index (κ3) is 5.52. The van der Waals surface area contributed by atoms with Crippen LogP contribution in [-0.2, 0) is 14.8 Å². The van der Waals surface area contributed by atoms with E-state index in [0.29, 0.717) is 18.7 Å². The van der Waals surface area contributed by atoms with Gasteiger partial charge in [0.15, 0.2) is 0 Å². The maximum absolute atomic E-state index is 11.9. The molecule has 1 aromatic carbocycles. The van der Waals surface area contributed by atoms with Crippen LogP contribution in [0.2, 0.25) is 0 Å². The van der Waals surface area contributed by atoms with Gasteiger partial charge in [0.25, 0.3) is 0 Å². The van der Waals surface area contributed by atoms with Gasteiger partial charge in [0, 0.05) is 19.2 Å². The molecule has 0 heterocycles. The molecular formula is C13H18N2O4S. The minimum Gasteiger partial charge on any atom is -0.478 e. The van der Waals surface area contributed by atoms with Crippen LogP contribution < -0.4 is 4.72 Å². The number of carboxylic acids is 1. The van der Waals surface area contributed by atoms with Crippen molar-refractivity contribution in [3.05, 3.63) is 35.9 Å². The lowest BCUT2D eigenvalue weighted by Gasteiger charge is -2.11. The Hall–Kier alpha value is -1.70. The zero-order valence-electron chi connectivity index (χ0n) is 11.4. The van der Waals surface area contributed by atoms with Gasteiger partial charge in [-0.3, -0.25) is 0 Å². The fraction of sp³-hybridized carbons (Fsp3) is 0.308. The van der Waals surface area contributed by atoms with Crippen molar-refractivity contribution in [3.63, 3.8) is 0 Å². The Labute approximate surface area is 118 Å². The van der Waals surface area contributed by atoms with Crippen molar-refractivity contribution in [1.29, 1.82) is 0 Å². The summed E-state index contributed by atoms with van der Waals surface area (Å²) in [5.74, 6) is -1.05. The van der Waals surface area contributed by atoms with Crippen molar-refractivity contribution >= 4 is 22.1 Å². The van der Waals surface area contributed by atoms with Gasteiger partial charge in [-0.2, -0.15) is 0 Å². The van der Waals surface area contributed by atoms with E-state index in [1.54, 1.807) is 12.1 Å². The van der Waals surface area contributed by atoms with Crippen molar-refractivity contribution in [2.45, 2.75) is 4.90 Å². The average molecular weight is 298 g/mol. The summed E-state index contributed by atoms with van der Waals surface area (Å²) in [6, 6.07) is 6.00. The number of hydrogen-bond donors (Lipinski definition) is 2. The van der Waals surface area contributed by atoms with Crippen LogP contribution in [-0.4, -0.2) is 51.6 Å². The molecule has 0 aliphatic carbocycles. The molecule has 6 nitrogen and oxygen atoms in total. The summed E-state index contributed by atoms with van der Waals surface area (Å²) in [5.41, 5.74) is 0.625. The van der Waals surface area contributed by atoms with Gasteiger partial charge in [-0.05, 0) is 37.9 Å². The van der Waals surface area contributed by atoms with Crippen molar-refractivity contribution < 1.29 is 18.3 Å². The number of carbonyl (C=O) groups is 1. The van der Waals surface area contributed by atoms with Gasteiger partial charge in [0.05, 0.1) is 4.90 Å². The number of nitrogens with zero attached hydrogens (tertiary/aromatic N) is 1. The van der Waals surface area contributed by atoms with Crippen molar-refractivity contribution in [3.8, 4) is 0 Å². The van der Waals surface area contributed by atoms with Crippen LogP contribution in [0, 0.1) is 0 Å². The minimum absolute atomic E-state index is 0.156. The molecule has 0 amide bonds. The topological polar surface area (TPSA) is 86.7 Å². The normalized spacial score (nSPS) is 12.2. The molecule has 0 aliphatic rings. The van der Waals surface area contributed by atoms with Crippen molar-refractivity contribution in [1.82, 2.24) is 9.62 Å². The van der Waals surface area contributed by atoms with Gasteiger partial charge in [0.2, 0.25) is 10.0 Å². The molecule has 0 radical (unpaired) electrons. The molecule has 20 heavy (non-hydrogen) atoms. The lowest BCUT2D eigenvalue weighted by atomic mass is 10.2. The van der Waals surface area contributed by atoms with Crippen LogP contribution in [0.5, 0.6) is 0 Å². The molecule has 7 heteroatoms. The van der Waals surface area contributed by atoms with Gasteiger partial charge in [0.1, 0.15) is 0 Å². The monoisotopic (exact) mass is 298 g/mol. The lowest BCUT2D eigenvalue weighted by molar-refractivity contribution is -0.131. The molecule has 0 aliphatic heterocycles. The van der Waals surface area contributed by atoms with Crippen LogP contribution in [0.25, 0.3) is 6.08 Å². The number of hydrogen-bond acceptors (Lipinski definition) is 4. The van der Waals surface area contributed by atoms with E-state index in [2.05, 4.69) is 4.72 Å². The second-order valence-corrected chi connectivity index (χ2v) is 6.21. The zero-order valence-corrected chi connectivity index (χ0v) is 12.2. The molecule has 110 valence electrons. The Balaban J connectivity index is 2.74. The first kappa shape index (κ1) is 16.4. The number of nitrogens with one attached hydrogen (secondary N) is 1. The van der Waals surface area contributed by atoms with E-state index < -0.39 is 16.0 Å². The molecule has 2 N–H and O–H groups in total. The van der Waals surface area contributed by atoms with E-state index in [9.17, 15) is 13.2 Å². The number of carboxylic acid groups (broad SMARTS) is 1. The molecule has 1 aromatic rings. The number of rotatable bonds is 7. The van der Waals surface area contributed by atoms with Crippen LogP contribution in [0.1, 0.15) is 5.56 Å². The van der Waals surface area contributed by atoms with Gasteiger partial charge >= 0.3 is 5.97 Å². The third-order valence-corrected chi connectivity index (χ3v) is 3.94. The maximum atomic E-state index is 11.9. The van der Waals surface area contributed by atoms with E-state index in [1.165, 1.54) is 18.2 Å². The average Bonchev–Trinajstić information content (AvgIpc) is 2.36. The van der Waals surface area contributed by atoms with E-state index in [4.69, 9.17) is 5.11 Å². The van der Waals surface area contributed by atoms with Crippen LogP contribution in [0.15, 0.2) is 35.2 Å². The molecule has 0 spiro atoms. The van der Waals surface area contributed by atoms with E-state index in [0.717, 1.165) is 6.08 Å². The molecular weight excluding hydrogens is 280 g/mol. The molecule has 0 saturated heterocycles. The summed E-state index contributed by atoms with van der Waals surface area (Å²) >= 11 is 0. The number of benzene rings is 1. The van der Waals surface area contributed by atoms with Crippen molar-refractivity contribution in [2.24, 2.45) is 0 Å². The first-order chi connectivity index (χ1) is 9.31. The first-order valence-corrected chi connectivity index (χ1v) is 7.45. The molecule has 0 bridgehead atoms. The zero-order chi connectivity index (χ0) is 15.2. The summed E-state index contributed by atoms with van der Waals surface area (Å²) in [6.07, 6.45) is 2.40. The summed E-state index contributed by atoms with van der Waals surface area (Å²) < 4.78 is 26.4. The number of sulfonamides is 1. The molecule has 0 aromatic heterocycles. The highest BCUT2D eigenvalue weighted by molar-refractivity contribution is 7.89. The predicted octanol–water partition coefficient (Wildman–Crippen LogP) is 0.624. The number of likely N-dealkylation sites (N-methyl/N-ethyl adjacent to an activating group) is 1. The van der Waals surface area contributed by atoms with E-state index in [1.807, 2.05) is 19.0 Å². The fourth-order valence-corrected chi connectivity index (χ4v) is 2.43. The summed E-state index contributed by atoms with van der Waals surface area (Å²) in [6.45, 7) is 0.939. The second kappa shape index (κ2) is 7.18. The van der Waals surface area contributed by atoms with Gasteiger partial charge in [-0.1, -0.05) is 12.1 Å². The molecule has 0 fully saturated rings. The highest BCUT2D eigenvalue weighted by atomic mass is 32.2. The number of aliphatic carboxylic acids is 1. The second-order valence-electron chi connectivity index (χ2n) is 4.44. The summed E-state index contributed by atoms with van der Waals surface area (Å²) in [7, 11) is 0.197. The highest BCUT2D eigenvalue weighted by Crippen LogP contribution is 2.11. The third-order valence-electron chi connectivity index (χ3n) is 2.46. The standard InChI is InChI=1S/C13H18N2O4S/c1-15(2)10-9-14-20(18,19)12-6-3-11(4-7-12)5-8-13(16)17/h3-8,14H,9-10H2,1-2H3,(H,16,17)/b8-5+. The van der Waals surface area contributed by atoms with Gasteiger partial charge < -0.3 is 10.0 Å². The molecule has 0 saturated carbocycles. The quantitative estimate of drug-likeness (QED) is 0.721. The van der Waals surface area contributed by atoms with Gasteiger partial charge in [-0.25, -0.2) is 17.9 Å². The SMILES string of the molecule is CN(C)CCNS(=O)(=O)c1ccc(/C=C/C(=O)O)cc1. The van der Waals surface area contributed by atoms with E-state index in [-0.39, 0.29) is 4.90 Å². The Morgan fingerprint density at radius 1 is 1.30 bits per heavy atom. The summed E-state index contributed by atoms with van der Waals surface area (Å²) in [5, 5.41) is 8.50. The Morgan fingerprint density at radius 3 is 2.40 bits per heavy atom. The Morgan fingerprint density at radius 2 is 1.90 bits per heavy atom. The predicted molar refractivity (Wildman–Crippen MR) is 76.9 cm³/mol. The maximum Gasteiger partial charge on any atom is 0.328 e. The first-order valence-electron chi connectivity index (χ1n) is 5.97. The Bertz CT molecular complexity index is 577. The van der Waals surface area contributed by atoms with Crippen LogP contribution >= 0.6 is 0 Å². The van der Waals surface area contributed by atoms with Crippen LogP contribution in [0.4, 0.5) is 0 Å². The molecule has 1 rings (SSSR count). The fourth-order valence-electron chi connectivity index (χ4n) is 1.41. The molecule has 0 atom stereocenters. The minimum atomic E-state index is -3.52. The van der Waals surface area contributed by atoms with Crippen molar-refractivity contribution in [2.75, 3.05) is 27.2 Å². The summed E-state index contributed by atoms with van der Waals surface area (Å²) in [4.78, 5) is 12.4. The smallest absolute Gasteiger partial charge is 0.328 e. The largest absolute Gasteiger partial charge is 0.478 e.